The standard InChI is InChI=1S/C25H34O6/c1-5-27-17-29-22-15-21-14-19(3)12-10-8-7-9-11-13-20(4)31-25(26)24(21)23(16-22)30-18-28-6-2/h9-12,15-16,20H,3,5-8,13-14,17-18H2,1-2,4H3/b11-9+,12-10+/t20-/m1/s1. The maximum atomic E-state index is 13.1. The molecule has 31 heavy (non-hydrogen) atoms. The average molecular weight is 431 g/mol. The highest BCUT2D eigenvalue weighted by molar-refractivity contribution is 5.95. The fraction of sp³-hybridized carbons (Fsp3) is 0.480. The monoisotopic (exact) mass is 430 g/mol. The number of cyclic esters (lactones) is 1. The van der Waals surface area contributed by atoms with E-state index in [1.807, 2.05) is 39.0 Å². The summed E-state index contributed by atoms with van der Waals surface area (Å²) < 4.78 is 27.9. The quantitative estimate of drug-likeness (QED) is 0.239. The lowest BCUT2D eigenvalue weighted by Crippen LogP contribution is -2.18. The number of benzene rings is 1. The molecule has 0 bridgehead atoms. The Labute approximate surface area is 185 Å². The third-order valence-corrected chi connectivity index (χ3v) is 4.59. The number of esters is 1. The Morgan fingerprint density at radius 3 is 2.48 bits per heavy atom. The maximum absolute atomic E-state index is 13.1. The summed E-state index contributed by atoms with van der Waals surface area (Å²) in [6, 6.07) is 3.49. The first-order valence-corrected chi connectivity index (χ1v) is 10.8. The van der Waals surface area contributed by atoms with Crippen molar-refractivity contribution in [1.29, 1.82) is 0 Å². The first-order valence-electron chi connectivity index (χ1n) is 10.8. The number of carbonyl (C=O) groups is 1. The molecule has 0 N–H and O–H groups in total. The van der Waals surface area contributed by atoms with Crippen molar-refractivity contribution >= 4 is 5.97 Å². The van der Waals surface area contributed by atoms with E-state index in [4.69, 9.17) is 23.7 Å². The Bertz CT molecular complexity index is 780. The highest BCUT2D eigenvalue weighted by atomic mass is 16.7. The van der Waals surface area contributed by atoms with Crippen molar-refractivity contribution in [3.8, 4) is 11.5 Å². The molecule has 1 aromatic rings. The Morgan fingerprint density at radius 2 is 1.74 bits per heavy atom. The summed E-state index contributed by atoms with van der Waals surface area (Å²) in [6.45, 7) is 11.0. The summed E-state index contributed by atoms with van der Waals surface area (Å²) in [5.41, 5.74) is 1.96. The van der Waals surface area contributed by atoms with Crippen LogP contribution >= 0.6 is 0 Å². The largest absolute Gasteiger partial charge is 0.467 e. The average Bonchev–Trinajstić information content (AvgIpc) is 2.72. The molecule has 6 nitrogen and oxygen atoms in total. The predicted octanol–water partition coefficient (Wildman–Crippen LogP) is 5.37. The van der Waals surface area contributed by atoms with Gasteiger partial charge >= 0.3 is 5.97 Å². The van der Waals surface area contributed by atoms with Gasteiger partial charge < -0.3 is 23.7 Å². The molecule has 0 unspecified atom stereocenters. The minimum absolute atomic E-state index is 0.0181. The van der Waals surface area contributed by atoms with Crippen molar-refractivity contribution in [3.05, 3.63) is 59.7 Å². The topological polar surface area (TPSA) is 63.2 Å². The van der Waals surface area contributed by atoms with Crippen LogP contribution in [-0.2, 0) is 20.6 Å². The van der Waals surface area contributed by atoms with Crippen LogP contribution in [0.15, 0.2) is 48.6 Å². The molecule has 0 aromatic heterocycles. The van der Waals surface area contributed by atoms with Crippen LogP contribution in [-0.4, -0.2) is 38.9 Å². The van der Waals surface area contributed by atoms with Crippen LogP contribution < -0.4 is 9.47 Å². The third kappa shape index (κ3) is 8.59. The number of ether oxygens (including phenoxy) is 5. The number of hydrogen-bond donors (Lipinski definition) is 0. The predicted molar refractivity (Wildman–Crippen MR) is 121 cm³/mol. The second kappa shape index (κ2) is 13.7. The zero-order chi connectivity index (χ0) is 22.5. The van der Waals surface area contributed by atoms with E-state index in [2.05, 4.69) is 18.7 Å². The van der Waals surface area contributed by atoms with Gasteiger partial charge in [-0.2, -0.15) is 0 Å². The molecule has 1 aromatic carbocycles. The Balaban J connectivity index is 2.45. The van der Waals surface area contributed by atoms with Crippen molar-refractivity contribution in [3.63, 3.8) is 0 Å². The van der Waals surface area contributed by atoms with E-state index in [1.54, 1.807) is 6.07 Å². The van der Waals surface area contributed by atoms with Gasteiger partial charge in [0.1, 0.15) is 23.2 Å². The Morgan fingerprint density at radius 1 is 1.03 bits per heavy atom. The minimum Gasteiger partial charge on any atom is -0.467 e. The van der Waals surface area contributed by atoms with Crippen LogP contribution in [0.1, 0.15) is 56.0 Å². The molecule has 2 rings (SSSR count). The highest BCUT2D eigenvalue weighted by Gasteiger charge is 2.23. The van der Waals surface area contributed by atoms with E-state index < -0.39 is 5.97 Å². The van der Waals surface area contributed by atoms with Crippen LogP contribution in [0.3, 0.4) is 0 Å². The zero-order valence-corrected chi connectivity index (χ0v) is 18.9. The van der Waals surface area contributed by atoms with Gasteiger partial charge in [-0.3, -0.25) is 0 Å². The van der Waals surface area contributed by atoms with Crippen LogP contribution in [0.2, 0.25) is 0 Å². The van der Waals surface area contributed by atoms with E-state index in [0.29, 0.717) is 43.1 Å². The van der Waals surface area contributed by atoms with E-state index >= 15 is 0 Å². The van der Waals surface area contributed by atoms with E-state index in [9.17, 15) is 4.79 Å². The van der Waals surface area contributed by atoms with Crippen LogP contribution in [0.25, 0.3) is 0 Å². The minimum atomic E-state index is -0.437. The first-order chi connectivity index (χ1) is 15.0. The van der Waals surface area contributed by atoms with Crippen LogP contribution in [0, 0.1) is 0 Å². The van der Waals surface area contributed by atoms with Crippen molar-refractivity contribution in [2.24, 2.45) is 0 Å². The van der Waals surface area contributed by atoms with Crippen molar-refractivity contribution in [2.45, 2.75) is 52.6 Å². The van der Waals surface area contributed by atoms with E-state index in [1.165, 1.54) is 0 Å². The van der Waals surface area contributed by atoms with E-state index in [0.717, 1.165) is 24.0 Å². The van der Waals surface area contributed by atoms with Gasteiger partial charge in [0.2, 0.25) is 0 Å². The van der Waals surface area contributed by atoms with Gasteiger partial charge in [0, 0.05) is 25.7 Å². The Kier molecular flexibility index (Phi) is 10.9. The molecule has 1 heterocycles. The molecule has 1 aliphatic heterocycles. The number of carbonyl (C=O) groups excluding carboxylic acids is 1. The highest BCUT2D eigenvalue weighted by Crippen LogP contribution is 2.32. The van der Waals surface area contributed by atoms with Crippen molar-refractivity contribution < 1.29 is 28.5 Å². The summed E-state index contributed by atoms with van der Waals surface area (Å²) in [4.78, 5) is 13.1. The lowest BCUT2D eigenvalue weighted by molar-refractivity contribution is 0.0161. The number of rotatable bonds is 8. The van der Waals surface area contributed by atoms with Crippen molar-refractivity contribution in [2.75, 3.05) is 26.8 Å². The molecule has 0 spiro atoms. The van der Waals surface area contributed by atoms with Gasteiger partial charge in [0.15, 0.2) is 13.6 Å². The van der Waals surface area contributed by atoms with Gasteiger partial charge in [-0.15, -0.1) is 0 Å². The Hall–Kier alpha value is -2.57. The van der Waals surface area contributed by atoms with Gasteiger partial charge in [0.25, 0.3) is 0 Å². The van der Waals surface area contributed by atoms with Gasteiger partial charge in [-0.25, -0.2) is 4.79 Å². The molecular formula is C25H34O6. The molecule has 170 valence electrons. The SMILES string of the molecule is C=C1/C=C/CC/C=C/C[C@@H](C)OC(=O)c2c(cc(OCOCC)cc2OCOCC)C1. The lowest BCUT2D eigenvalue weighted by atomic mass is 9.98. The molecule has 0 saturated carbocycles. The molecule has 6 heteroatoms. The van der Waals surface area contributed by atoms with Crippen molar-refractivity contribution in [1.82, 2.24) is 0 Å². The number of allylic oxidation sites excluding steroid dienone is 4. The molecule has 0 aliphatic carbocycles. The fourth-order valence-electron chi connectivity index (χ4n) is 3.04. The van der Waals surface area contributed by atoms with Gasteiger partial charge in [-0.1, -0.05) is 36.5 Å². The first kappa shape index (κ1) is 24.7. The van der Waals surface area contributed by atoms with Crippen LogP contribution in [0.5, 0.6) is 11.5 Å². The molecular weight excluding hydrogens is 396 g/mol. The molecule has 1 atom stereocenters. The van der Waals surface area contributed by atoms with Crippen LogP contribution in [0.4, 0.5) is 0 Å². The third-order valence-electron chi connectivity index (χ3n) is 4.59. The van der Waals surface area contributed by atoms with Gasteiger partial charge in [-0.05, 0) is 51.7 Å². The summed E-state index contributed by atoms with van der Waals surface area (Å²) in [7, 11) is 0. The second-order valence-corrected chi connectivity index (χ2v) is 7.20. The molecule has 0 saturated heterocycles. The lowest BCUT2D eigenvalue weighted by Gasteiger charge is -2.19. The smallest absolute Gasteiger partial charge is 0.342 e. The number of fused-ring (bicyclic) bond motifs is 1. The molecule has 0 amide bonds. The molecule has 1 aliphatic rings. The molecule has 0 fully saturated rings. The maximum Gasteiger partial charge on any atom is 0.342 e. The summed E-state index contributed by atoms with van der Waals surface area (Å²) in [5, 5.41) is 0. The van der Waals surface area contributed by atoms with Gasteiger partial charge in [0.05, 0.1) is 0 Å². The summed E-state index contributed by atoms with van der Waals surface area (Å²) in [6.07, 6.45) is 11.0. The summed E-state index contributed by atoms with van der Waals surface area (Å²) in [5.74, 6) is 0.460. The van der Waals surface area contributed by atoms with E-state index in [-0.39, 0.29) is 19.7 Å². The normalized spacial score (nSPS) is 19.6. The second-order valence-electron chi connectivity index (χ2n) is 7.20. The number of hydrogen-bond acceptors (Lipinski definition) is 6. The summed E-state index contributed by atoms with van der Waals surface area (Å²) >= 11 is 0. The molecule has 0 radical (unpaired) electrons. The zero-order valence-electron chi connectivity index (χ0n) is 18.9. The fourth-order valence-corrected chi connectivity index (χ4v) is 3.04.